The van der Waals surface area contributed by atoms with Crippen LogP contribution in [0, 0.1) is 17.8 Å². The Morgan fingerprint density at radius 1 is 1.00 bits per heavy atom. The Morgan fingerprint density at radius 2 is 1.87 bits per heavy atom. The van der Waals surface area contributed by atoms with Gasteiger partial charge in [-0.1, -0.05) is 48.6 Å². The van der Waals surface area contributed by atoms with E-state index in [0.717, 1.165) is 35.7 Å². The van der Waals surface area contributed by atoms with Crippen molar-refractivity contribution >= 4 is 5.69 Å². The van der Waals surface area contributed by atoms with E-state index in [1.165, 1.54) is 24.0 Å². The Balaban J connectivity index is 1.53. The maximum absolute atomic E-state index is 5.54. The van der Waals surface area contributed by atoms with Gasteiger partial charge in [0.25, 0.3) is 0 Å². The molecule has 2 aliphatic rings. The van der Waals surface area contributed by atoms with Crippen molar-refractivity contribution in [3.8, 4) is 16.9 Å². The molecule has 0 heterocycles. The van der Waals surface area contributed by atoms with Gasteiger partial charge in [0.1, 0.15) is 5.75 Å². The number of fused-ring (bicyclic) bond motifs is 2. The topological polar surface area (TPSA) is 21.3 Å². The molecule has 4 rings (SSSR count). The Kier molecular flexibility index (Phi) is 3.82. The van der Waals surface area contributed by atoms with Gasteiger partial charge in [0, 0.05) is 6.54 Å². The molecule has 2 heteroatoms. The molecule has 2 aromatic carbocycles. The molecule has 1 fully saturated rings. The molecule has 2 aliphatic carbocycles. The van der Waals surface area contributed by atoms with Gasteiger partial charge in [0.2, 0.25) is 0 Å². The second kappa shape index (κ2) is 6.11. The highest BCUT2D eigenvalue weighted by Gasteiger charge is 2.35. The van der Waals surface area contributed by atoms with Crippen molar-refractivity contribution in [3.05, 3.63) is 60.7 Å². The number of benzene rings is 2. The third-order valence-electron chi connectivity index (χ3n) is 5.28. The van der Waals surface area contributed by atoms with Crippen LogP contribution in [0.4, 0.5) is 5.69 Å². The molecule has 0 spiro atoms. The van der Waals surface area contributed by atoms with Crippen LogP contribution in [0.25, 0.3) is 11.1 Å². The average molecular weight is 305 g/mol. The van der Waals surface area contributed by atoms with E-state index in [4.69, 9.17) is 4.74 Å². The van der Waals surface area contributed by atoms with E-state index in [1.54, 1.807) is 7.11 Å². The first-order valence-electron chi connectivity index (χ1n) is 8.49. The number of rotatable bonds is 5. The predicted octanol–water partition coefficient (Wildman–Crippen LogP) is 4.99. The zero-order valence-electron chi connectivity index (χ0n) is 13.5. The molecule has 3 unspecified atom stereocenters. The molecule has 118 valence electrons. The SMILES string of the molecule is COc1ccc(-c2ccccc2)cc1NCC1CC2C=CC1C2. The quantitative estimate of drug-likeness (QED) is 0.786. The first-order valence-corrected chi connectivity index (χ1v) is 8.49. The van der Waals surface area contributed by atoms with Gasteiger partial charge in [0.05, 0.1) is 12.8 Å². The van der Waals surface area contributed by atoms with Crippen LogP contribution in [0.2, 0.25) is 0 Å². The zero-order valence-corrected chi connectivity index (χ0v) is 13.5. The Hall–Kier alpha value is -2.22. The molecule has 0 amide bonds. The van der Waals surface area contributed by atoms with Gasteiger partial charge in [-0.15, -0.1) is 0 Å². The van der Waals surface area contributed by atoms with Gasteiger partial charge < -0.3 is 10.1 Å². The highest BCUT2D eigenvalue weighted by molar-refractivity contribution is 5.72. The molecule has 1 saturated carbocycles. The van der Waals surface area contributed by atoms with Gasteiger partial charge in [0.15, 0.2) is 0 Å². The molecular formula is C21H23NO. The molecule has 2 aromatic rings. The second-order valence-electron chi connectivity index (χ2n) is 6.70. The summed E-state index contributed by atoms with van der Waals surface area (Å²) in [6.07, 6.45) is 7.50. The normalized spacial score (nSPS) is 24.8. The van der Waals surface area contributed by atoms with Crippen molar-refractivity contribution in [3.63, 3.8) is 0 Å². The predicted molar refractivity (Wildman–Crippen MR) is 95.8 cm³/mol. The smallest absolute Gasteiger partial charge is 0.141 e. The maximum Gasteiger partial charge on any atom is 0.141 e. The Labute approximate surface area is 138 Å². The summed E-state index contributed by atoms with van der Waals surface area (Å²) in [6, 6.07) is 16.9. The van der Waals surface area contributed by atoms with E-state index in [2.05, 4.69) is 66.0 Å². The van der Waals surface area contributed by atoms with Crippen molar-refractivity contribution in [2.75, 3.05) is 19.0 Å². The minimum atomic E-state index is 0.759. The Bertz CT molecular complexity index is 707. The van der Waals surface area contributed by atoms with Gasteiger partial charge in [-0.2, -0.15) is 0 Å². The molecule has 3 atom stereocenters. The van der Waals surface area contributed by atoms with Crippen LogP contribution in [0.1, 0.15) is 12.8 Å². The first-order chi connectivity index (χ1) is 11.3. The fourth-order valence-electron chi connectivity index (χ4n) is 4.03. The van der Waals surface area contributed by atoms with Crippen LogP contribution in [0.5, 0.6) is 5.75 Å². The lowest BCUT2D eigenvalue weighted by Crippen LogP contribution is -2.18. The van der Waals surface area contributed by atoms with E-state index in [1.807, 2.05) is 0 Å². The summed E-state index contributed by atoms with van der Waals surface area (Å²) in [5.41, 5.74) is 3.56. The standard InChI is InChI=1S/C21H23NO/c1-23-21-10-9-18(16-5-3-2-4-6-16)13-20(21)22-14-19-12-15-7-8-17(19)11-15/h2-10,13,15,17,19,22H,11-12,14H2,1H3. The molecule has 0 saturated heterocycles. The highest BCUT2D eigenvalue weighted by atomic mass is 16.5. The number of nitrogens with one attached hydrogen (secondary N) is 1. The maximum atomic E-state index is 5.54. The fraction of sp³-hybridized carbons (Fsp3) is 0.333. The van der Waals surface area contributed by atoms with Crippen LogP contribution in [0.3, 0.4) is 0 Å². The fourth-order valence-corrected chi connectivity index (χ4v) is 4.03. The van der Waals surface area contributed by atoms with Crippen molar-refractivity contribution < 1.29 is 4.74 Å². The minimum absolute atomic E-state index is 0.759. The lowest BCUT2D eigenvalue weighted by atomic mass is 9.93. The summed E-state index contributed by atoms with van der Waals surface area (Å²) in [6.45, 7) is 1.03. The van der Waals surface area contributed by atoms with Gasteiger partial charge in [-0.25, -0.2) is 0 Å². The van der Waals surface area contributed by atoms with E-state index in [-0.39, 0.29) is 0 Å². The number of hydrogen-bond donors (Lipinski definition) is 1. The summed E-state index contributed by atoms with van der Waals surface area (Å²) in [7, 11) is 1.74. The van der Waals surface area contributed by atoms with Gasteiger partial charge >= 0.3 is 0 Å². The Morgan fingerprint density at radius 3 is 2.57 bits per heavy atom. The lowest BCUT2D eigenvalue weighted by molar-refractivity contribution is 0.415. The van der Waals surface area contributed by atoms with Crippen LogP contribution < -0.4 is 10.1 Å². The zero-order chi connectivity index (χ0) is 15.6. The van der Waals surface area contributed by atoms with Crippen molar-refractivity contribution in [1.82, 2.24) is 0 Å². The molecule has 2 nitrogen and oxygen atoms in total. The van der Waals surface area contributed by atoms with E-state index in [0.29, 0.717) is 0 Å². The number of ether oxygens (including phenoxy) is 1. The monoisotopic (exact) mass is 305 g/mol. The molecule has 0 radical (unpaired) electrons. The van der Waals surface area contributed by atoms with Crippen LogP contribution >= 0.6 is 0 Å². The van der Waals surface area contributed by atoms with Crippen molar-refractivity contribution in [2.45, 2.75) is 12.8 Å². The van der Waals surface area contributed by atoms with E-state index < -0.39 is 0 Å². The molecule has 1 N–H and O–H groups in total. The summed E-state index contributed by atoms with van der Waals surface area (Å²) >= 11 is 0. The van der Waals surface area contributed by atoms with Crippen molar-refractivity contribution in [1.29, 1.82) is 0 Å². The lowest BCUT2D eigenvalue weighted by Gasteiger charge is -2.20. The molecule has 0 aliphatic heterocycles. The molecule has 2 bridgehead atoms. The summed E-state index contributed by atoms with van der Waals surface area (Å²) in [4.78, 5) is 0. The summed E-state index contributed by atoms with van der Waals surface area (Å²) in [5.74, 6) is 3.28. The van der Waals surface area contributed by atoms with Gasteiger partial charge in [-0.3, -0.25) is 0 Å². The van der Waals surface area contributed by atoms with E-state index >= 15 is 0 Å². The molecule has 0 aromatic heterocycles. The van der Waals surface area contributed by atoms with Gasteiger partial charge in [-0.05, 0) is 53.9 Å². The van der Waals surface area contributed by atoms with Crippen LogP contribution in [-0.2, 0) is 0 Å². The number of methoxy groups -OCH3 is 1. The summed E-state index contributed by atoms with van der Waals surface area (Å²) < 4.78 is 5.54. The first kappa shape index (κ1) is 14.4. The minimum Gasteiger partial charge on any atom is -0.495 e. The largest absolute Gasteiger partial charge is 0.495 e. The number of anilines is 1. The third kappa shape index (κ3) is 2.86. The number of hydrogen-bond acceptors (Lipinski definition) is 2. The molecule has 23 heavy (non-hydrogen) atoms. The number of allylic oxidation sites excluding steroid dienone is 2. The summed E-state index contributed by atoms with van der Waals surface area (Å²) in [5, 5.41) is 3.64. The second-order valence-corrected chi connectivity index (χ2v) is 6.70. The van der Waals surface area contributed by atoms with Crippen molar-refractivity contribution in [2.24, 2.45) is 17.8 Å². The highest BCUT2D eigenvalue weighted by Crippen LogP contribution is 2.43. The third-order valence-corrected chi connectivity index (χ3v) is 5.28. The van der Waals surface area contributed by atoms with Crippen LogP contribution in [0.15, 0.2) is 60.7 Å². The van der Waals surface area contributed by atoms with Crippen LogP contribution in [-0.4, -0.2) is 13.7 Å². The molecular weight excluding hydrogens is 282 g/mol. The average Bonchev–Trinajstić information content (AvgIpc) is 3.23. The van der Waals surface area contributed by atoms with E-state index in [9.17, 15) is 0 Å².